The van der Waals surface area contributed by atoms with E-state index in [1.807, 2.05) is 46.9 Å². The molecule has 1 aromatic carbocycles. The Kier molecular flexibility index (Phi) is 7.70. The van der Waals surface area contributed by atoms with Gasteiger partial charge in [-0.15, -0.1) is 10.2 Å². The average Bonchev–Trinajstić information content (AvgIpc) is 3.32. The fourth-order valence-electron chi connectivity index (χ4n) is 3.89. The number of carbonyl (C=O) groups is 2. The maximum absolute atomic E-state index is 12.9. The van der Waals surface area contributed by atoms with Gasteiger partial charge in [0.1, 0.15) is 12.4 Å². The Bertz CT molecular complexity index is 1200. The zero-order valence-corrected chi connectivity index (χ0v) is 20.8. The predicted octanol–water partition coefficient (Wildman–Crippen LogP) is 1.84. The van der Waals surface area contributed by atoms with Crippen molar-refractivity contribution in [3.8, 4) is 5.75 Å². The van der Waals surface area contributed by atoms with Crippen molar-refractivity contribution in [3.05, 3.63) is 59.5 Å². The number of hydrogen-bond acceptors (Lipinski definition) is 8. The van der Waals surface area contributed by atoms with E-state index in [4.69, 9.17) is 19.9 Å². The fraction of sp³-hybridized carbons (Fsp3) is 0.440. The number of aromatic nitrogens is 3. The SMILES string of the molecule is COc1ccc(C[C@@H](NC(=O)C(C)(C)N)c2nnc3cccc(COC(=O)N4CCOCC4)n23)cc1. The minimum Gasteiger partial charge on any atom is -0.497 e. The van der Waals surface area contributed by atoms with Crippen molar-refractivity contribution in [3.63, 3.8) is 0 Å². The predicted molar refractivity (Wildman–Crippen MR) is 131 cm³/mol. The first kappa shape index (κ1) is 25.4. The largest absolute Gasteiger partial charge is 0.497 e. The summed E-state index contributed by atoms with van der Waals surface area (Å²) in [6, 6.07) is 12.5. The van der Waals surface area contributed by atoms with Crippen molar-refractivity contribution < 1.29 is 23.8 Å². The first-order valence-corrected chi connectivity index (χ1v) is 11.8. The third kappa shape index (κ3) is 5.92. The summed E-state index contributed by atoms with van der Waals surface area (Å²) in [6.45, 7) is 5.27. The number of benzene rings is 1. The topological polar surface area (TPSA) is 133 Å². The van der Waals surface area contributed by atoms with E-state index in [2.05, 4.69) is 15.5 Å². The van der Waals surface area contributed by atoms with Crippen LogP contribution < -0.4 is 15.8 Å². The monoisotopic (exact) mass is 496 g/mol. The number of ether oxygens (including phenoxy) is 3. The second-order valence-electron chi connectivity index (χ2n) is 9.22. The average molecular weight is 497 g/mol. The maximum Gasteiger partial charge on any atom is 0.410 e. The van der Waals surface area contributed by atoms with Gasteiger partial charge >= 0.3 is 6.09 Å². The Morgan fingerprint density at radius 3 is 2.53 bits per heavy atom. The highest BCUT2D eigenvalue weighted by atomic mass is 16.6. The van der Waals surface area contributed by atoms with Crippen LogP contribution in [0.1, 0.15) is 37.0 Å². The molecule has 3 aromatic rings. The molecule has 0 aliphatic carbocycles. The molecule has 1 atom stereocenters. The van der Waals surface area contributed by atoms with E-state index in [1.54, 1.807) is 25.9 Å². The molecule has 36 heavy (non-hydrogen) atoms. The van der Waals surface area contributed by atoms with Crippen LogP contribution in [0.25, 0.3) is 5.65 Å². The van der Waals surface area contributed by atoms with Gasteiger partial charge in [0.25, 0.3) is 0 Å². The van der Waals surface area contributed by atoms with Gasteiger partial charge in [0.2, 0.25) is 5.91 Å². The van der Waals surface area contributed by atoms with Crippen LogP contribution in [0.3, 0.4) is 0 Å². The van der Waals surface area contributed by atoms with Crippen LogP contribution in [-0.2, 0) is 27.3 Å². The molecule has 192 valence electrons. The number of nitrogens with one attached hydrogen (secondary N) is 1. The number of amides is 2. The summed E-state index contributed by atoms with van der Waals surface area (Å²) in [5, 5.41) is 11.7. The molecule has 1 aliphatic heterocycles. The number of methoxy groups -OCH3 is 1. The van der Waals surface area contributed by atoms with Crippen LogP contribution >= 0.6 is 0 Å². The number of fused-ring (bicyclic) bond motifs is 1. The Hall–Kier alpha value is -3.70. The first-order valence-electron chi connectivity index (χ1n) is 11.8. The Morgan fingerprint density at radius 1 is 1.14 bits per heavy atom. The van der Waals surface area contributed by atoms with Gasteiger partial charge in [-0.1, -0.05) is 18.2 Å². The lowest BCUT2D eigenvalue weighted by Gasteiger charge is -2.26. The number of morpholine rings is 1. The second kappa shape index (κ2) is 10.9. The summed E-state index contributed by atoms with van der Waals surface area (Å²) < 4.78 is 18.0. The molecule has 3 heterocycles. The highest BCUT2D eigenvalue weighted by Crippen LogP contribution is 2.22. The van der Waals surface area contributed by atoms with Gasteiger partial charge in [-0.25, -0.2) is 4.79 Å². The van der Waals surface area contributed by atoms with Crippen molar-refractivity contribution in [1.29, 1.82) is 0 Å². The highest BCUT2D eigenvalue weighted by Gasteiger charge is 2.29. The molecule has 1 aliphatic rings. The van der Waals surface area contributed by atoms with Gasteiger partial charge in [-0.05, 0) is 50.1 Å². The van der Waals surface area contributed by atoms with Gasteiger partial charge < -0.3 is 30.2 Å². The van der Waals surface area contributed by atoms with Gasteiger partial charge in [0, 0.05) is 13.1 Å². The van der Waals surface area contributed by atoms with Gasteiger partial charge in [0.05, 0.1) is 37.6 Å². The summed E-state index contributed by atoms with van der Waals surface area (Å²) in [5.74, 6) is 0.921. The van der Waals surface area contributed by atoms with E-state index >= 15 is 0 Å². The minimum atomic E-state index is -1.09. The lowest BCUT2D eigenvalue weighted by molar-refractivity contribution is -0.126. The molecular weight excluding hydrogens is 464 g/mol. The van der Waals surface area contributed by atoms with Gasteiger partial charge in [-0.3, -0.25) is 9.20 Å². The molecule has 2 aromatic heterocycles. The molecule has 0 radical (unpaired) electrons. The number of hydrogen-bond donors (Lipinski definition) is 2. The number of pyridine rings is 1. The van der Waals surface area contributed by atoms with E-state index in [9.17, 15) is 9.59 Å². The number of carbonyl (C=O) groups excluding carboxylic acids is 2. The van der Waals surface area contributed by atoms with Crippen LogP contribution in [0.4, 0.5) is 4.79 Å². The van der Waals surface area contributed by atoms with Crippen LogP contribution in [0.15, 0.2) is 42.5 Å². The third-order valence-corrected chi connectivity index (χ3v) is 5.95. The van der Waals surface area contributed by atoms with Crippen LogP contribution in [0.2, 0.25) is 0 Å². The number of rotatable bonds is 8. The summed E-state index contributed by atoms with van der Waals surface area (Å²) in [6.07, 6.45) is 0.0343. The zero-order chi connectivity index (χ0) is 25.7. The van der Waals surface area contributed by atoms with E-state index < -0.39 is 17.7 Å². The first-order chi connectivity index (χ1) is 17.3. The molecule has 3 N–H and O–H groups in total. The molecule has 1 fully saturated rings. The standard InChI is InChI=1S/C25H32N6O5/c1-25(2,26)23(32)27-20(15-17-7-9-19(34-3)10-8-17)22-29-28-21-6-4-5-18(31(21)22)16-36-24(33)30-11-13-35-14-12-30/h4-10,20H,11-16,26H2,1-3H3,(H,27,32)/t20-/m1/s1. The Balaban J connectivity index is 1.63. The third-order valence-electron chi connectivity index (χ3n) is 5.95. The number of nitrogens with zero attached hydrogens (tertiary/aromatic N) is 4. The molecule has 0 saturated carbocycles. The smallest absolute Gasteiger partial charge is 0.410 e. The summed E-state index contributed by atoms with van der Waals surface area (Å²) in [5.41, 5.74) is 7.19. The van der Waals surface area contributed by atoms with Crippen LogP contribution in [0.5, 0.6) is 5.75 Å². The van der Waals surface area contributed by atoms with E-state index in [1.165, 1.54) is 0 Å². The fourth-order valence-corrected chi connectivity index (χ4v) is 3.89. The highest BCUT2D eigenvalue weighted by molar-refractivity contribution is 5.85. The molecule has 2 amide bonds. The lowest BCUT2D eigenvalue weighted by atomic mass is 10.0. The molecule has 11 nitrogen and oxygen atoms in total. The second-order valence-corrected chi connectivity index (χ2v) is 9.22. The molecule has 4 rings (SSSR count). The maximum atomic E-state index is 12.9. The summed E-state index contributed by atoms with van der Waals surface area (Å²) in [4.78, 5) is 27.0. The molecule has 1 saturated heterocycles. The molecule has 0 bridgehead atoms. The normalized spacial score (nSPS) is 14.9. The minimum absolute atomic E-state index is 0.0180. The van der Waals surface area contributed by atoms with Crippen LogP contribution in [-0.4, -0.2) is 70.5 Å². The van der Waals surface area contributed by atoms with Crippen molar-refractivity contribution in [2.24, 2.45) is 5.73 Å². The Morgan fingerprint density at radius 2 is 1.86 bits per heavy atom. The van der Waals surface area contributed by atoms with Crippen molar-refractivity contribution in [2.45, 2.75) is 38.5 Å². The summed E-state index contributed by atoms with van der Waals surface area (Å²) in [7, 11) is 1.61. The van der Waals surface area contributed by atoms with Gasteiger partial charge in [0.15, 0.2) is 11.5 Å². The summed E-state index contributed by atoms with van der Waals surface area (Å²) >= 11 is 0. The lowest BCUT2D eigenvalue weighted by Crippen LogP contribution is -2.50. The van der Waals surface area contributed by atoms with E-state index in [-0.39, 0.29) is 12.5 Å². The van der Waals surface area contributed by atoms with E-state index in [0.29, 0.717) is 49.9 Å². The van der Waals surface area contributed by atoms with Crippen LogP contribution in [0, 0.1) is 0 Å². The molecular formula is C25H32N6O5. The zero-order valence-electron chi connectivity index (χ0n) is 20.8. The molecule has 0 spiro atoms. The van der Waals surface area contributed by atoms with Crippen molar-refractivity contribution >= 4 is 17.6 Å². The number of nitrogens with two attached hydrogens (primary N) is 1. The Labute approximate surface area is 209 Å². The van der Waals surface area contributed by atoms with Gasteiger partial charge in [-0.2, -0.15) is 0 Å². The molecule has 11 heteroatoms. The van der Waals surface area contributed by atoms with Crippen molar-refractivity contribution in [2.75, 3.05) is 33.4 Å². The van der Waals surface area contributed by atoms with Crippen molar-refractivity contribution in [1.82, 2.24) is 24.8 Å². The molecule has 0 unspecified atom stereocenters. The van der Waals surface area contributed by atoms with E-state index in [0.717, 1.165) is 11.3 Å². The quantitative estimate of drug-likeness (QED) is 0.483.